The SMILES string of the molecule is FC(F)(F)Oc1c(I)ncc(CCl)c1C(F)(F)F. The van der Waals surface area contributed by atoms with Gasteiger partial charge in [0.2, 0.25) is 0 Å². The molecule has 0 radical (unpaired) electrons. The van der Waals surface area contributed by atoms with Gasteiger partial charge >= 0.3 is 12.5 Å². The number of hydrogen-bond acceptors (Lipinski definition) is 2. The summed E-state index contributed by atoms with van der Waals surface area (Å²) in [4.78, 5) is 3.39. The van der Waals surface area contributed by atoms with E-state index < -0.39 is 39.0 Å². The van der Waals surface area contributed by atoms with Crippen LogP contribution in [-0.4, -0.2) is 11.3 Å². The Labute approximate surface area is 115 Å². The number of halogens is 8. The minimum absolute atomic E-state index is 0.550. The van der Waals surface area contributed by atoms with Crippen molar-refractivity contribution in [3.8, 4) is 5.75 Å². The molecule has 1 aromatic heterocycles. The molecule has 0 N–H and O–H groups in total. The maximum absolute atomic E-state index is 12.7. The average molecular weight is 405 g/mol. The van der Waals surface area contributed by atoms with E-state index in [9.17, 15) is 26.3 Å². The fourth-order valence-corrected chi connectivity index (χ4v) is 1.85. The zero-order valence-corrected chi connectivity index (χ0v) is 11.1. The summed E-state index contributed by atoms with van der Waals surface area (Å²) < 4.78 is 77.2. The van der Waals surface area contributed by atoms with Gasteiger partial charge in [0.05, 0.1) is 0 Å². The Kier molecular flexibility index (Phi) is 4.57. The predicted octanol–water partition coefficient (Wildman–Crippen LogP) is 4.34. The molecule has 0 aliphatic carbocycles. The normalized spacial score (nSPS) is 12.7. The summed E-state index contributed by atoms with van der Waals surface area (Å²) in [6.07, 6.45) is -9.50. The van der Waals surface area contributed by atoms with Gasteiger partial charge in [-0.3, -0.25) is 0 Å². The van der Waals surface area contributed by atoms with Gasteiger partial charge in [0.1, 0.15) is 9.26 Å². The van der Waals surface area contributed by atoms with E-state index in [0.717, 1.165) is 6.20 Å². The third kappa shape index (κ3) is 3.77. The summed E-state index contributed by atoms with van der Waals surface area (Å²) in [7, 11) is 0. The van der Waals surface area contributed by atoms with E-state index >= 15 is 0 Å². The summed E-state index contributed by atoms with van der Waals surface area (Å²) in [6, 6.07) is 0. The van der Waals surface area contributed by atoms with Gasteiger partial charge in [-0.25, -0.2) is 4.98 Å². The third-order valence-electron chi connectivity index (χ3n) is 1.71. The minimum atomic E-state index is -5.24. The van der Waals surface area contributed by atoms with E-state index in [1.807, 2.05) is 0 Å². The van der Waals surface area contributed by atoms with Crippen molar-refractivity contribution < 1.29 is 31.1 Å². The molecular formula is C8H3ClF6INO. The topological polar surface area (TPSA) is 22.1 Å². The summed E-state index contributed by atoms with van der Waals surface area (Å²) in [5, 5.41) is 0. The lowest BCUT2D eigenvalue weighted by atomic mass is 10.1. The molecule has 1 rings (SSSR count). The standard InChI is InChI=1S/C8H3ClF6INO/c9-1-3-2-17-6(16)5(18-8(13,14)15)4(3)7(10,11)12/h2H,1H2. The summed E-state index contributed by atoms with van der Waals surface area (Å²) >= 11 is 6.47. The van der Waals surface area contributed by atoms with Crippen LogP contribution in [0.2, 0.25) is 0 Å². The lowest BCUT2D eigenvalue weighted by molar-refractivity contribution is -0.276. The molecule has 0 saturated carbocycles. The van der Waals surface area contributed by atoms with Crippen LogP contribution < -0.4 is 4.74 Å². The second-order valence-corrected chi connectivity index (χ2v) is 4.25. The first-order valence-corrected chi connectivity index (χ1v) is 5.74. The molecule has 0 fully saturated rings. The molecule has 0 atom stereocenters. The number of pyridine rings is 1. The Morgan fingerprint density at radius 3 is 2.17 bits per heavy atom. The van der Waals surface area contributed by atoms with Gasteiger partial charge in [0.15, 0.2) is 5.75 Å². The average Bonchev–Trinajstić information content (AvgIpc) is 2.17. The van der Waals surface area contributed by atoms with E-state index in [2.05, 4.69) is 9.72 Å². The van der Waals surface area contributed by atoms with E-state index in [1.54, 1.807) is 0 Å². The Hall–Kier alpha value is -0.450. The van der Waals surface area contributed by atoms with E-state index in [1.165, 1.54) is 22.6 Å². The molecule has 0 aromatic carbocycles. The van der Waals surface area contributed by atoms with Crippen LogP contribution in [0.25, 0.3) is 0 Å². The highest BCUT2D eigenvalue weighted by Gasteiger charge is 2.42. The molecule has 0 bridgehead atoms. The van der Waals surface area contributed by atoms with Crippen LogP contribution in [0, 0.1) is 3.70 Å². The first-order chi connectivity index (χ1) is 8.06. The van der Waals surface area contributed by atoms with E-state index in [-0.39, 0.29) is 0 Å². The van der Waals surface area contributed by atoms with Crippen molar-refractivity contribution in [2.45, 2.75) is 18.4 Å². The van der Waals surface area contributed by atoms with Crippen molar-refractivity contribution in [2.24, 2.45) is 0 Å². The Morgan fingerprint density at radius 1 is 1.22 bits per heavy atom. The number of aromatic nitrogens is 1. The highest BCUT2D eigenvalue weighted by atomic mass is 127. The van der Waals surface area contributed by atoms with Crippen LogP contribution in [0.15, 0.2) is 6.20 Å². The lowest BCUT2D eigenvalue weighted by Gasteiger charge is -2.18. The number of alkyl halides is 7. The number of rotatable bonds is 2. The Balaban J connectivity index is 3.46. The molecule has 2 nitrogen and oxygen atoms in total. The maximum atomic E-state index is 12.7. The van der Waals surface area contributed by atoms with Gasteiger partial charge in [-0.05, 0) is 22.6 Å². The fraction of sp³-hybridized carbons (Fsp3) is 0.375. The summed E-state index contributed by atoms with van der Waals surface area (Å²) in [5.74, 6) is -2.01. The van der Waals surface area contributed by atoms with Gasteiger partial charge in [-0.2, -0.15) is 13.2 Å². The highest BCUT2D eigenvalue weighted by molar-refractivity contribution is 14.1. The smallest absolute Gasteiger partial charge is 0.402 e. The monoisotopic (exact) mass is 405 g/mol. The van der Waals surface area contributed by atoms with Crippen LogP contribution in [0.3, 0.4) is 0 Å². The number of nitrogens with zero attached hydrogens (tertiary/aromatic N) is 1. The Bertz CT molecular complexity index is 446. The van der Waals surface area contributed by atoms with Gasteiger partial charge in [-0.15, -0.1) is 24.8 Å². The zero-order chi connectivity index (χ0) is 14.1. The van der Waals surface area contributed by atoms with Crippen molar-refractivity contribution in [1.29, 1.82) is 0 Å². The molecule has 10 heteroatoms. The molecule has 1 heterocycles. The lowest BCUT2D eigenvalue weighted by Crippen LogP contribution is -2.22. The first-order valence-electron chi connectivity index (χ1n) is 4.12. The van der Waals surface area contributed by atoms with Crippen LogP contribution in [0.5, 0.6) is 5.75 Å². The van der Waals surface area contributed by atoms with Crippen molar-refractivity contribution in [3.63, 3.8) is 0 Å². The molecule has 18 heavy (non-hydrogen) atoms. The van der Waals surface area contributed by atoms with Crippen molar-refractivity contribution >= 4 is 34.2 Å². The van der Waals surface area contributed by atoms with Crippen molar-refractivity contribution in [1.82, 2.24) is 4.98 Å². The molecule has 0 saturated heterocycles. The van der Waals surface area contributed by atoms with Crippen LogP contribution in [-0.2, 0) is 12.1 Å². The zero-order valence-electron chi connectivity index (χ0n) is 8.16. The van der Waals surface area contributed by atoms with Gasteiger partial charge in [-0.1, -0.05) is 0 Å². The van der Waals surface area contributed by atoms with E-state index in [4.69, 9.17) is 11.6 Å². The molecule has 0 unspecified atom stereocenters. The van der Waals surface area contributed by atoms with Crippen molar-refractivity contribution in [2.75, 3.05) is 0 Å². The Morgan fingerprint density at radius 2 is 1.78 bits per heavy atom. The second kappa shape index (κ2) is 5.27. The molecule has 1 aromatic rings. The largest absolute Gasteiger partial charge is 0.573 e. The summed E-state index contributed by atoms with van der Waals surface area (Å²) in [5.41, 5.74) is -2.14. The molecule has 0 aliphatic heterocycles. The van der Waals surface area contributed by atoms with Gasteiger partial charge in [0.25, 0.3) is 0 Å². The molecule has 0 spiro atoms. The van der Waals surface area contributed by atoms with E-state index in [0.29, 0.717) is 0 Å². The number of hydrogen-bond donors (Lipinski definition) is 0. The predicted molar refractivity (Wildman–Crippen MR) is 58.2 cm³/mol. The second-order valence-electron chi connectivity index (χ2n) is 2.96. The van der Waals surface area contributed by atoms with Crippen molar-refractivity contribution in [3.05, 3.63) is 21.0 Å². The molecule has 102 valence electrons. The third-order valence-corrected chi connectivity index (χ3v) is 2.77. The molecular weight excluding hydrogens is 402 g/mol. The quantitative estimate of drug-likeness (QED) is 0.316. The van der Waals surface area contributed by atoms with Gasteiger partial charge < -0.3 is 4.74 Å². The van der Waals surface area contributed by atoms with Gasteiger partial charge in [0, 0.05) is 17.6 Å². The van der Waals surface area contributed by atoms with Crippen LogP contribution >= 0.6 is 34.2 Å². The maximum Gasteiger partial charge on any atom is 0.573 e. The molecule has 0 amide bonds. The van der Waals surface area contributed by atoms with Crippen LogP contribution in [0.4, 0.5) is 26.3 Å². The minimum Gasteiger partial charge on any atom is -0.402 e. The van der Waals surface area contributed by atoms with Crippen LogP contribution in [0.1, 0.15) is 11.1 Å². The number of ether oxygens (including phenoxy) is 1. The first kappa shape index (κ1) is 15.6. The molecule has 0 aliphatic rings. The fourth-order valence-electron chi connectivity index (χ4n) is 1.13. The summed E-state index contributed by atoms with van der Waals surface area (Å²) in [6.45, 7) is 0. The highest BCUT2D eigenvalue weighted by Crippen LogP contribution is 2.42.